The van der Waals surface area contributed by atoms with Crippen molar-refractivity contribution in [2.75, 3.05) is 7.11 Å². The Bertz CT molecular complexity index is 752. The average Bonchev–Trinajstić information content (AvgIpc) is 2.53. The Hall–Kier alpha value is -2.83. The molecule has 2 aromatic rings. The summed E-state index contributed by atoms with van der Waals surface area (Å²) in [5.41, 5.74) is 2.33. The number of pyridine rings is 1. The molecule has 2 rings (SSSR count). The zero-order valence-electron chi connectivity index (χ0n) is 12.9. The minimum atomic E-state index is -4.72. The highest BCUT2D eigenvalue weighted by Crippen LogP contribution is 2.26. The predicted octanol–water partition coefficient (Wildman–Crippen LogP) is 4.33. The second-order valence-corrected chi connectivity index (χ2v) is 4.85. The number of carbonyl (C=O) groups is 1. The number of allylic oxidation sites excluding steroid dienone is 1. The molecule has 1 aromatic heterocycles. The van der Waals surface area contributed by atoms with E-state index in [9.17, 15) is 18.0 Å². The van der Waals surface area contributed by atoms with Crippen LogP contribution in [-0.2, 0) is 4.74 Å². The number of ether oxygens (including phenoxy) is 2. The maximum Gasteiger partial charge on any atom is 0.573 e. The van der Waals surface area contributed by atoms with Crippen LogP contribution in [0.2, 0.25) is 0 Å². The number of nitrogens with zero attached hydrogens (tertiary/aromatic N) is 1. The number of rotatable bonds is 4. The molecule has 0 amide bonds. The normalized spacial score (nSPS) is 12.0. The van der Waals surface area contributed by atoms with Crippen molar-refractivity contribution >= 4 is 17.6 Å². The molecule has 7 heteroatoms. The van der Waals surface area contributed by atoms with Crippen molar-refractivity contribution in [2.24, 2.45) is 0 Å². The molecule has 126 valence electrons. The molecule has 0 saturated heterocycles. The molecule has 24 heavy (non-hydrogen) atoms. The number of aromatic nitrogens is 1. The Morgan fingerprint density at radius 1 is 1.17 bits per heavy atom. The summed E-state index contributed by atoms with van der Waals surface area (Å²) in [6.45, 7) is 1.77. The number of hydrogen-bond donors (Lipinski definition) is 0. The fourth-order valence-electron chi connectivity index (χ4n) is 2.05. The predicted molar refractivity (Wildman–Crippen MR) is 82.2 cm³/mol. The fraction of sp³-hybridized carbons (Fsp3) is 0.176. The quantitative estimate of drug-likeness (QED) is 0.779. The lowest BCUT2D eigenvalue weighted by Gasteiger charge is -2.10. The van der Waals surface area contributed by atoms with Crippen molar-refractivity contribution in [2.45, 2.75) is 13.3 Å². The zero-order chi connectivity index (χ0) is 17.7. The molecule has 4 nitrogen and oxygen atoms in total. The van der Waals surface area contributed by atoms with E-state index in [4.69, 9.17) is 4.74 Å². The second-order valence-electron chi connectivity index (χ2n) is 4.85. The van der Waals surface area contributed by atoms with Gasteiger partial charge in [0.25, 0.3) is 0 Å². The molecule has 0 N–H and O–H groups in total. The van der Waals surface area contributed by atoms with Gasteiger partial charge in [-0.1, -0.05) is 12.1 Å². The van der Waals surface area contributed by atoms with Crippen LogP contribution in [0.5, 0.6) is 5.75 Å². The van der Waals surface area contributed by atoms with Gasteiger partial charge in [-0.2, -0.15) is 0 Å². The molecule has 0 radical (unpaired) electrons. The molecule has 0 spiro atoms. The number of carbonyl (C=O) groups excluding carboxylic acids is 1. The zero-order valence-corrected chi connectivity index (χ0v) is 12.9. The smallest absolute Gasteiger partial charge is 0.465 e. The first-order valence-electron chi connectivity index (χ1n) is 6.87. The Balaban J connectivity index is 2.27. The van der Waals surface area contributed by atoms with Gasteiger partial charge in [0.1, 0.15) is 5.75 Å². The molecule has 0 atom stereocenters. The maximum atomic E-state index is 12.2. The van der Waals surface area contributed by atoms with Crippen molar-refractivity contribution in [1.29, 1.82) is 0 Å². The van der Waals surface area contributed by atoms with Gasteiger partial charge >= 0.3 is 12.3 Å². The van der Waals surface area contributed by atoms with Crippen molar-refractivity contribution in [3.8, 4) is 5.75 Å². The maximum absolute atomic E-state index is 12.2. The number of hydrogen-bond acceptors (Lipinski definition) is 4. The highest BCUT2D eigenvalue weighted by molar-refractivity contribution is 5.95. The van der Waals surface area contributed by atoms with Crippen LogP contribution in [0.1, 0.15) is 28.4 Å². The lowest BCUT2D eigenvalue weighted by Crippen LogP contribution is -2.16. The molecule has 0 bridgehead atoms. The monoisotopic (exact) mass is 337 g/mol. The first-order valence-corrected chi connectivity index (χ1v) is 6.87. The molecule has 1 heterocycles. The third-order valence-electron chi connectivity index (χ3n) is 3.17. The third kappa shape index (κ3) is 4.58. The van der Waals surface area contributed by atoms with E-state index in [1.807, 2.05) is 0 Å². The van der Waals surface area contributed by atoms with E-state index in [2.05, 4.69) is 9.72 Å². The Labute approximate surface area is 136 Å². The number of benzene rings is 1. The van der Waals surface area contributed by atoms with Crippen LogP contribution in [0.15, 0.2) is 42.7 Å². The van der Waals surface area contributed by atoms with Crippen molar-refractivity contribution in [1.82, 2.24) is 4.98 Å². The molecular formula is C17H14F3NO3. The van der Waals surface area contributed by atoms with Gasteiger partial charge in [0.05, 0.1) is 12.7 Å². The Kier molecular flexibility index (Phi) is 5.23. The molecule has 0 saturated carbocycles. The molecule has 0 aliphatic carbocycles. The standard InChI is InChI=1S/C17H14F3NO3/c1-11(9-13-10-21-8-7-15(13)16(22)23-2)12-3-5-14(6-4-12)24-17(18,19)20/h3-10H,1-2H3/b11-9+. The van der Waals surface area contributed by atoms with Crippen LogP contribution in [-0.4, -0.2) is 24.4 Å². The summed E-state index contributed by atoms with van der Waals surface area (Å²) in [6, 6.07) is 6.99. The van der Waals surface area contributed by atoms with Gasteiger partial charge in [-0.3, -0.25) is 4.98 Å². The van der Waals surface area contributed by atoms with Crippen LogP contribution in [0.4, 0.5) is 13.2 Å². The van der Waals surface area contributed by atoms with Gasteiger partial charge < -0.3 is 9.47 Å². The third-order valence-corrected chi connectivity index (χ3v) is 3.17. The first-order chi connectivity index (χ1) is 11.3. The summed E-state index contributed by atoms with van der Waals surface area (Å²) >= 11 is 0. The minimum Gasteiger partial charge on any atom is -0.465 e. The van der Waals surface area contributed by atoms with Gasteiger partial charge in [-0.05, 0) is 42.3 Å². The summed E-state index contributed by atoms with van der Waals surface area (Å²) in [4.78, 5) is 15.7. The van der Waals surface area contributed by atoms with E-state index in [-0.39, 0.29) is 5.75 Å². The number of methoxy groups -OCH3 is 1. The lowest BCUT2D eigenvalue weighted by molar-refractivity contribution is -0.274. The van der Waals surface area contributed by atoms with E-state index in [1.54, 1.807) is 13.0 Å². The van der Waals surface area contributed by atoms with E-state index in [1.165, 1.54) is 49.8 Å². The summed E-state index contributed by atoms with van der Waals surface area (Å²) in [5.74, 6) is -0.791. The van der Waals surface area contributed by atoms with Gasteiger partial charge in [-0.15, -0.1) is 13.2 Å². The number of alkyl halides is 3. The SMILES string of the molecule is COC(=O)c1ccncc1/C=C(\C)c1ccc(OC(F)(F)F)cc1. The van der Waals surface area contributed by atoms with Gasteiger partial charge in [0.2, 0.25) is 0 Å². The molecule has 0 fully saturated rings. The van der Waals surface area contributed by atoms with E-state index in [0.717, 1.165) is 5.57 Å². The van der Waals surface area contributed by atoms with Crippen LogP contribution < -0.4 is 4.74 Å². The van der Waals surface area contributed by atoms with E-state index >= 15 is 0 Å². The van der Waals surface area contributed by atoms with Crippen LogP contribution in [0.3, 0.4) is 0 Å². The van der Waals surface area contributed by atoms with Crippen molar-refractivity contribution in [3.05, 3.63) is 59.4 Å². The minimum absolute atomic E-state index is 0.296. The van der Waals surface area contributed by atoms with Crippen LogP contribution in [0, 0.1) is 0 Å². The largest absolute Gasteiger partial charge is 0.573 e. The van der Waals surface area contributed by atoms with Crippen LogP contribution in [0.25, 0.3) is 11.6 Å². The lowest BCUT2D eigenvalue weighted by atomic mass is 10.0. The Morgan fingerprint density at radius 2 is 1.83 bits per heavy atom. The van der Waals surface area contributed by atoms with Gasteiger partial charge in [-0.25, -0.2) is 4.79 Å². The van der Waals surface area contributed by atoms with Crippen LogP contribution >= 0.6 is 0 Å². The highest BCUT2D eigenvalue weighted by atomic mass is 19.4. The molecule has 0 unspecified atom stereocenters. The molecular weight excluding hydrogens is 323 g/mol. The Morgan fingerprint density at radius 3 is 2.42 bits per heavy atom. The molecule has 1 aromatic carbocycles. The molecule has 0 aliphatic rings. The van der Waals surface area contributed by atoms with Gasteiger partial charge in [0, 0.05) is 18.0 Å². The average molecular weight is 337 g/mol. The van der Waals surface area contributed by atoms with Crippen molar-refractivity contribution < 1.29 is 27.4 Å². The second kappa shape index (κ2) is 7.16. The molecule has 0 aliphatic heterocycles. The summed E-state index contributed by atoms with van der Waals surface area (Å²) in [7, 11) is 1.28. The summed E-state index contributed by atoms with van der Waals surface area (Å²) < 4.78 is 45.0. The first kappa shape index (κ1) is 17.5. The summed E-state index contributed by atoms with van der Waals surface area (Å²) in [5, 5.41) is 0. The van der Waals surface area contributed by atoms with Gasteiger partial charge in [0.15, 0.2) is 0 Å². The number of esters is 1. The highest BCUT2D eigenvalue weighted by Gasteiger charge is 2.30. The van der Waals surface area contributed by atoms with Crippen molar-refractivity contribution in [3.63, 3.8) is 0 Å². The summed E-state index contributed by atoms with van der Waals surface area (Å²) in [6.07, 6.45) is -0.0323. The topological polar surface area (TPSA) is 48.4 Å². The fourth-order valence-corrected chi connectivity index (χ4v) is 2.05. The van der Waals surface area contributed by atoms with E-state index < -0.39 is 12.3 Å². The van der Waals surface area contributed by atoms with E-state index in [0.29, 0.717) is 16.7 Å². The number of halogens is 3.